The maximum absolute atomic E-state index is 12.0. The van der Waals surface area contributed by atoms with Gasteiger partial charge in [0.1, 0.15) is 24.1 Å². The van der Waals surface area contributed by atoms with E-state index >= 15 is 0 Å². The molecular weight excluding hydrogens is 490 g/mol. The van der Waals surface area contributed by atoms with Crippen molar-refractivity contribution in [3.8, 4) is 0 Å². The van der Waals surface area contributed by atoms with E-state index in [-0.39, 0.29) is 23.8 Å². The normalized spacial score (nSPS) is 17.2. The Morgan fingerprint density at radius 1 is 1.03 bits per heavy atom. The molecule has 0 bridgehead atoms. The van der Waals surface area contributed by atoms with Crippen LogP contribution in [0.25, 0.3) is 0 Å². The molecule has 0 amide bonds. The molecule has 1 aromatic carbocycles. The molecule has 1 aliphatic heterocycles. The second-order valence-electron chi connectivity index (χ2n) is 9.22. The molecule has 0 saturated carbocycles. The van der Waals surface area contributed by atoms with Gasteiger partial charge in [-0.05, 0) is 56.9 Å². The van der Waals surface area contributed by atoms with E-state index in [1.165, 1.54) is 47.6 Å². The first-order valence-electron chi connectivity index (χ1n) is 13.3. The average Bonchev–Trinajstić information content (AvgIpc) is 3.37. The molecule has 1 fully saturated rings. The van der Waals surface area contributed by atoms with Gasteiger partial charge in [-0.2, -0.15) is 4.98 Å². The van der Waals surface area contributed by atoms with Crippen molar-refractivity contribution in [2.45, 2.75) is 69.6 Å². The molecule has 0 radical (unpaired) electrons. The minimum absolute atomic E-state index is 0.182. The number of carbonyl (C=O) groups excluding carboxylic acids is 1. The summed E-state index contributed by atoms with van der Waals surface area (Å²) in [6.07, 6.45) is 9.38. The van der Waals surface area contributed by atoms with Crippen LogP contribution in [0.15, 0.2) is 47.4 Å². The maximum Gasteiger partial charge on any atom is 0.351 e. The molecule has 0 aliphatic carbocycles. The summed E-state index contributed by atoms with van der Waals surface area (Å²) >= 11 is 1.52. The third kappa shape index (κ3) is 11.7. The zero-order valence-electron chi connectivity index (χ0n) is 21.6. The summed E-state index contributed by atoms with van der Waals surface area (Å²) in [7, 11) is 0. The lowest BCUT2D eigenvalue weighted by Gasteiger charge is -2.14. The van der Waals surface area contributed by atoms with Gasteiger partial charge in [0.2, 0.25) is 0 Å². The van der Waals surface area contributed by atoms with Crippen molar-refractivity contribution < 1.29 is 14.3 Å². The van der Waals surface area contributed by atoms with Gasteiger partial charge in [-0.25, -0.2) is 4.79 Å². The van der Waals surface area contributed by atoms with Gasteiger partial charge >= 0.3 is 11.7 Å². The lowest BCUT2D eigenvalue weighted by Crippen LogP contribution is -2.29. The Bertz CT molecular complexity index is 975. The summed E-state index contributed by atoms with van der Waals surface area (Å²) < 4.78 is 12.6. The lowest BCUT2D eigenvalue weighted by atomic mass is 10.1. The van der Waals surface area contributed by atoms with Crippen LogP contribution in [0.5, 0.6) is 0 Å². The Balaban J connectivity index is 1.08. The van der Waals surface area contributed by atoms with Crippen LogP contribution in [0.2, 0.25) is 0 Å². The fourth-order valence-electron chi connectivity index (χ4n) is 4.06. The number of hydrogen-bond donors (Lipinski definition) is 3. The molecule has 2 heterocycles. The molecule has 3 rings (SSSR count). The van der Waals surface area contributed by atoms with Gasteiger partial charge in [0, 0.05) is 24.9 Å². The van der Waals surface area contributed by atoms with Gasteiger partial charge in [-0.3, -0.25) is 9.36 Å². The zero-order chi connectivity index (χ0) is 26.1. The number of esters is 1. The van der Waals surface area contributed by atoms with E-state index in [0.29, 0.717) is 12.2 Å². The number of nitrogen functional groups attached to an aromatic ring is 1. The van der Waals surface area contributed by atoms with Gasteiger partial charge in [0.05, 0.1) is 0 Å². The first-order valence-corrected chi connectivity index (χ1v) is 14.4. The Hall–Kier alpha value is -2.40. The number of thioether (sulfide) groups is 1. The van der Waals surface area contributed by atoms with Gasteiger partial charge in [-0.15, -0.1) is 11.8 Å². The first-order chi connectivity index (χ1) is 18.1. The van der Waals surface area contributed by atoms with E-state index in [9.17, 15) is 9.59 Å². The summed E-state index contributed by atoms with van der Waals surface area (Å²) in [5, 5.41) is 7.00. The number of benzene rings is 1. The minimum atomic E-state index is -0.444. The standard InChI is InChI=1S/C27H41N5O4S/c28-23-14-18-32(27(34)31-23)24-21-37-26(36-24)20-35-25(33)13-7-4-10-16-29-15-8-1-2-9-17-30-19-22-11-5-3-6-12-22/h3,5-6,11-12,14,18,24,26,29-30H,1-2,4,7-10,13,15-17,19-21H2,(H2,28,31,34). The van der Waals surface area contributed by atoms with E-state index < -0.39 is 11.9 Å². The Kier molecular flexibility index (Phi) is 13.5. The van der Waals surface area contributed by atoms with Gasteiger partial charge in [0.25, 0.3) is 0 Å². The minimum Gasteiger partial charge on any atom is -0.462 e. The van der Waals surface area contributed by atoms with E-state index in [4.69, 9.17) is 15.2 Å². The van der Waals surface area contributed by atoms with Crippen LogP contribution in [0.1, 0.15) is 63.2 Å². The van der Waals surface area contributed by atoms with Crippen molar-refractivity contribution in [2.75, 3.05) is 37.7 Å². The zero-order valence-corrected chi connectivity index (χ0v) is 22.4. The molecular formula is C27H41N5O4S. The van der Waals surface area contributed by atoms with Crippen molar-refractivity contribution in [3.05, 3.63) is 58.6 Å². The van der Waals surface area contributed by atoms with Crippen molar-refractivity contribution in [2.24, 2.45) is 0 Å². The van der Waals surface area contributed by atoms with E-state index in [1.54, 1.807) is 12.3 Å². The molecule has 1 aromatic heterocycles. The molecule has 1 saturated heterocycles. The molecule has 204 valence electrons. The highest BCUT2D eigenvalue weighted by molar-refractivity contribution is 8.00. The topological polar surface area (TPSA) is 121 Å². The predicted octanol–water partition coefficient (Wildman–Crippen LogP) is 3.46. The second-order valence-corrected chi connectivity index (χ2v) is 10.4. The number of nitrogens with two attached hydrogens (primary N) is 1. The van der Waals surface area contributed by atoms with Crippen LogP contribution >= 0.6 is 11.8 Å². The summed E-state index contributed by atoms with van der Waals surface area (Å²) in [6, 6.07) is 12.1. The quantitative estimate of drug-likeness (QED) is 0.196. The van der Waals surface area contributed by atoms with Crippen molar-refractivity contribution in [3.63, 3.8) is 0 Å². The SMILES string of the molecule is Nc1ccn(C2CSC(COC(=O)CCCCCNCCCCCCNCc3ccccc3)O2)c(=O)n1. The van der Waals surface area contributed by atoms with Crippen LogP contribution < -0.4 is 22.1 Å². The summed E-state index contributed by atoms with van der Waals surface area (Å²) in [4.78, 5) is 27.7. The van der Waals surface area contributed by atoms with Crippen molar-refractivity contribution in [1.29, 1.82) is 0 Å². The van der Waals surface area contributed by atoms with Gasteiger partial charge in [0.15, 0.2) is 0 Å². The molecule has 1 aliphatic rings. The number of carbonyl (C=O) groups is 1. The molecule has 2 unspecified atom stereocenters. The number of aromatic nitrogens is 2. The maximum atomic E-state index is 12.0. The molecule has 2 aromatic rings. The van der Waals surface area contributed by atoms with E-state index in [0.717, 1.165) is 45.4 Å². The van der Waals surface area contributed by atoms with Crippen LogP contribution in [0.3, 0.4) is 0 Å². The average molecular weight is 532 g/mol. The van der Waals surface area contributed by atoms with E-state index in [2.05, 4.69) is 39.9 Å². The molecule has 9 nitrogen and oxygen atoms in total. The highest BCUT2D eigenvalue weighted by Gasteiger charge is 2.29. The second kappa shape index (κ2) is 17.2. The van der Waals surface area contributed by atoms with Crippen LogP contribution in [0, 0.1) is 0 Å². The van der Waals surface area contributed by atoms with Gasteiger partial charge in [-0.1, -0.05) is 49.6 Å². The Labute approximate surface area is 223 Å². The number of hydrogen-bond acceptors (Lipinski definition) is 9. The molecule has 0 spiro atoms. The van der Waals surface area contributed by atoms with Crippen LogP contribution in [0.4, 0.5) is 5.82 Å². The first kappa shape index (κ1) is 29.2. The highest BCUT2D eigenvalue weighted by atomic mass is 32.2. The van der Waals surface area contributed by atoms with Crippen molar-refractivity contribution >= 4 is 23.5 Å². The predicted molar refractivity (Wildman–Crippen MR) is 148 cm³/mol. The van der Waals surface area contributed by atoms with Crippen LogP contribution in [-0.2, 0) is 20.8 Å². The summed E-state index contributed by atoms with van der Waals surface area (Å²) in [5.74, 6) is 0.569. The van der Waals surface area contributed by atoms with Gasteiger partial charge < -0.3 is 25.8 Å². The lowest BCUT2D eigenvalue weighted by molar-refractivity contribution is -0.147. The number of ether oxygens (including phenoxy) is 2. The third-order valence-electron chi connectivity index (χ3n) is 6.14. The number of nitrogens with zero attached hydrogens (tertiary/aromatic N) is 2. The third-order valence-corrected chi connectivity index (χ3v) is 7.24. The highest BCUT2D eigenvalue weighted by Crippen LogP contribution is 2.31. The smallest absolute Gasteiger partial charge is 0.351 e. The fraction of sp³-hybridized carbons (Fsp3) is 0.593. The number of unbranched alkanes of at least 4 members (excludes halogenated alkanes) is 5. The summed E-state index contributed by atoms with van der Waals surface area (Å²) in [5.41, 5.74) is 6.13. The molecule has 10 heteroatoms. The number of rotatable bonds is 18. The molecule has 2 atom stereocenters. The Morgan fingerprint density at radius 3 is 2.46 bits per heavy atom. The Morgan fingerprint density at radius 2 is 1.73 bits per heavy atom. The number of nitrogens with one attached hydrogen (secondary N) is 2. The molecule has 37 heavy (non-hydrogen) atoms. The monoisotopic (exact) mass is 531 g/mol. The largest absolute Gasteiger partial charge is 0.462 e. The van der Waals surface area contributed by atoms with Crippen molar-refractivity contribution in [1.82, 2.24) is 20.2 Å². The van der Waals surface area contributed by atoms with Crippen LogP contribution in [-0.4, -0.2) is 53.0 Å². The molecule has 4 N–H and O–H groups in total. The summed E-state index contributed by atoms with van der Waals surface area (Å²) in [6.45, 7) is 4.24. The number of anilines is 1. The fourth-order valence-corrected chi connectivity index (χ4v) is 5.05. The van der Waals surface area contributed by atoms with E-state index in [1.807, 2.05) is 6.07 Å².